The van der Waals surface area contributed by atoms with Crippen LogP contribution < -0.4 is 11.1 Å². The van der Waals surface area contributed by atoms with E-state index in [1.807, 2.05) is 6.92 Å². The number of hydrogen-bond acceptors (Lipinski definition) is 5. The molecule has 18 heavy (non-hydrogen) atoms. The van der Waals surface area contributed by atoms with Crippen molar-refractivity contribution in [1.29, 1.82) is 0 Å². The number of amides is 1. The van der Waals surface area contributed by atoms with Gasteiger partial charge in [-0.3, -0.25) is 4.79 Å². The Kier molecular flexibility index (Phi) is 4.47. The highest BCUT2D eigenvalue weighted by molar-refractivity contribution is 5.87. The van der Waals surface area contributed by atoms with Gasteiger partial charge in [-0.05, 0) is 19.1 Å². The number of aromatic nitrogens is 1. The van der Waals surface area contributed by atoms with Crippen LogP contribution >= 0.6 is 0 Å². The molecule has 7 nitrogen and oxygen atoms in total. The van der Waals surface area contributed by atoms with Crippen LogP contribution in [0.5, 0.6) is 0 Å². The largest absolute Gasteiger partial charge is 0.477 e. The number of likely N-dealkylation sites (N-methyl/N-ethyl adjacent to an activating group) is 1. The Hall–Kier alpha value is -2.31. The van der Waals surface area contributed by atoms with Gasteiger partial charge in [-0.1, -0.05) is 0 Å². The molecule has 0 saturated heterocycles. The normalized spacial score (nSPS) is 9.89. The van der Waals surface area contributed by atoms with E-state index in [1.54, 1.807) is 7.05 Å². The third-order valence-corrected chi connectivity index (χ3v) is 2.45. The van der Waals surface area contributed by atoms with Gasteiger partial charge in [-0.2, -0.15) is 0 Å². The molecule has 0 bridgehead atoms. The zero-order valence-electron chi connectivity index (χ0n) is 10.3. The number of carboxylic acid groups (broad SMARTS) is 1. The number of nitrogens with one attached hydrogen (secondary N) is 1. The molecule has 0 aliphatic heterocycles. The standard InChI is InChI=1S/C11H16N4O3/c1-3-15(2)9(16)6-13-10-7(12)4-5-8(14-10)11(17)18/h4-5H,3,6,12H2,1-2H3,(H,13,14)(H,17,18). The molecule has 0 radical (unpaired) electrons. The molecule has 0 unspecified atom stereocenters. The summed E-state index contributed by atoms with van der Waals surface area (Å²) < 4.78 is 0. The minimum Gasteiger partial charge on any atom is -0.477 e. The van der Waals surface area contributed by atoms with Gasteiger partial charge in [-0.25, -0.2) is 9.78 Å². The zero-order chi connectivity index (χ0) is 13.7. The van der Waals surface area contributed by atoms with Crippen LogP contribution in [0, 0.1) is 0 Å². The Labute approximate surface area is 105 Å². The summed E-state index contributed by atoms with van der Waals surface area (Å²) in [5, 5.41) is 11.5. The average Bonchev–Trinajstić information content (AvgIpc) is 2.36. The predicted molar refractivity (Wildman–Crippen MR) is 67.4 cm³/mol. The van der Waals surface area contributed by atoms with Crippen LogP contribution in [0.2, 0.25) is 0 Å². The van der Waals surface area contributed by atoms with Crippen LogP contribution in [0.4, 0.5) is 11.5 Å². The number of carbonyl (C=O) groups is 2. The second-order valence-electron chi connectivity index (χ2n) is 3.70. The molecule has 0 atom stereocenters. The lowest BCUT2D eigenvalue weighted by atomic mass is 10.3. The number of aromatic carboxylic acids is 1. The van der Waals surface area contributed by atoms with Crippen molar-refractivity contribution in [3.63, 3.8) is 0 Å². The first-order chi connectivity index (χ1) is 8.45. The summed E-state index contributed by atoms with van der Waals surface area (Å²) in [5.74, 6) is -1.07. The van der Waals surface area contributed by atoms with Crippen molar-refractivity contribution in [2.24, 2.45) is 0 Å². The summed E-state index contributed by atoms with van der Waals surface area (Å²) in [7, 11) is 1.68. The van der Waals surface area contributed by atoms with Gasteiger partial charge in [0.1, 0.15) is 0 Å². The average molecular weight is 252 g/mol. The number of carboxylic acids is 1. The van der Waals surface area contributed by atoms with Gasteiger partial charge < -0.3 is 21.1 Å². The maximum absolute atomic E-state index is 11.6. The van der Waals surface area contributed by atoms with Gasteiger partial charge in [0.15, 0.2) is 11.5 Å². The van der Waals surface area contributed by atoms with Crippen molar-refractivity contribution in [2.45, 2.75) is 6.92 Å². The van der Waals surface area contributed by atoms with Crippen LogP contribution in [0.25, 0.3) is 0 Å². The van der Waals surface area contributed by atoms with Gasteiger partial charge in [0, 0.05) is 13.6 Å². The first-order valence-corrected chi connectivity index (χ1v) is 5.43. The molecule has 98 valence electrons. The number of nitrogens with zero attached hydrogens (tertiary/aromatic N) is 2. The minimum absolute atomic E-state index is 0.0185. The van der Waals surface area contributed by atoms with Crippen molar-refractivity contribution in [2.75, 3.05) is 31.2 Å². The number of nitrogen functional groups attached to an aromatic ring is 1. The quantitative estimate of drug-likeness (QED) is 0.693. The SMILES string of the molecule is CCN(C)C(=O)CNc1nc(C(=O)O)ccc1N. The Morgan fingerprint density at radius 3 is 2.72 bits per heavy atom. The Morgan fingerprint density at radius 1 is 1.50 bits per heavy atom. The number of carbonyl (C=O) groups excluding carboxylic acids is 1. The van der Waals surface area contributed by atoms with E-state index in [0.29, 0.717) is 12.2 Å². The van der Waals surface area contributed by atoms with Crippen LogP contribution in [0.15, 0.2) is 12.1 Å². The van der Waals surface area contributed by atoms with E-state index in [4.69, 9.17) is 10.8 Å². The summed E-state index contributed by atoms with van der Waals surface area (Å²) in [6.45, 7) is 2.47. The van der Waals surface area contributed by atoms with Crippen LogP contribution in [0.3, 0.4) is 0 Å². The number of rotatable bonds is 5. The van der Waals surface area contributed by atoms with Crippen molar-refractivity contribution >= 4 is 23.4 Å². The highest BCUT2D eigenvalue weighted by atomic mass is 16.4. The molecule has 0 saturated carbocycles. The number of hydrogen-bond donors (Lipinski definition) is 3. The first-order valence-electron chi connectivity index (χ1n) is 5.43. The summed E-state index contributed by atoms with van der Waals surface area (Å²) >= 11 is 0. The molecular formula is C11H16N4O3. The van der Waals surface area contributed by atoms with Crippen molar-refractivity contribution in [1.82, 2.24) is 9.88 Å². The van der Waals surface area contributed by atoms with Gasteiger partial charge >= 0.3 is 5.97 Å². The van der Waals surface area contributed by atoms with Gasteiger partial charge in [0.25, 0.3) is 0 Å². The molecule has 0 fully saturated rings. The fraction of sp³-hybridized carbons (Fsp3) is 0.364. The number of pyridine rings is 1. The van der Waals surface area contributed by atoms with E-state index in [0.717, 1.165) is 0 Å². The van der Waals surface area contributed by atoms with Gasteiger partial charge in [0.2, 0.25) is 5.91 Å². The van der Waals surface area contributed by atoms with E-state index in [-0.39, 0.29) is 24.0 Å². The molecule has 0 aliphatic carbocycles. The van der Waals surface area contributed by atoms with Gasteiger partial charge in [-0.15, -0.1) is 0 Å². The maximum atomic E-state index is 11.6. The Bertz CT molecular complexity index is 462. The highest BCUT2D eigenvalue weighted by Gasteiger charge is 2.11. The van der Waals surface area contributed by atoms with Crippen LogP contribution in [0.1, 0.15) is 17.4 Å². The number of anilines is 2. The van der Waals surface area contributed by atoms with Crippen LogP contribution in [-0.2, 0) is 4.79 Å². The molecule has 1 heterocycles. The lowest BCUT2D eigenvalue weighted by molar-refractivity contribution is -0.127. The van der Waals surface area contributed by atoms with Crippen LogP contribution in [-0.4, -0.2) is 47.0 Å². The lowest BCUT2D eigenvalue weighted by Crippen LogP contribution is -2.32. The maximum Gasteiger partial charge on any atom is 0.354 e. The third-order valence-electron chi connectivity index (χ3n) is 2.45. The van der Waals surface area contributed by atoms with Crippen molar-refractivity contribution < 1.29 is 14.7 Å². The number of nitrogens with two attached hydrogens (primary N) is 1. The molecule has 0 aliphatic rings. The molecule has 7 heteroatoms. The van der Waals surface area contributed by atoms with E-state index < -0.39 is 5.97 Å². The third kappa shape index (κ3) is 3.34. The molecule has 1 aromatic rings. The van der Waals surface area contributed by atoms with Gasteiger partial charge in [0.05, 0.1) is 12.2 Å². The van der Waals surface area contributed by atoms with E-state index in [9.17, 15) is 9.59 Å². The summed E-state index contributed by atoms with van der Waals surface area (Å²) in [4.78, 5) is 27.7. The van der Waals surface area contributed by atoms with E-state index in [2.05, 4.69) is 10.3 Å². The fourth-order valence-electron chi connectivity index (χ4n) is 1.20. The van der Waals surface area contributed by atoms with E-state index in [1.165, 1.54) is 17.0 Å². The molecule has 1 amide bonds. The second-order valence-corrected chi connectivity index (χ2v) is 3.70. The van der Waals surface area contributed by atoms with Crippen molar-refractivity contribution in [3.8, 4) is 0 Å². The highest BCUT2D eigenvalue weighted by Crippen LogP contribution is 2.15. The second kappa shape index (κ2) is 5.85. The first kappa shape index (κ1) is 13.8. The molecular weight excluding hydrogens is 236 g/mol. The Balaban J connectivity index is 2.75. The topological polar surface area (TPSA) is 109 Å². The summed E-state index contributed by atoms with van der Waals surface area (Å²) in [5.41, 5.74) is 5.82. The molecule has 4 N–H and O–H groups in total. The predicted octanol–water partition coefficient (Wildman–Crippen LogP) is 0.252. The molecule has 0 spiro atoms. The molecule has 1 aromatic heterocycles. The fourth-order valence-corrected chi connectivity index (χ4v) is 1.20. The van der Waals surface area contributed by atoms with Crippen molar-refractivity contribution in [3.05, 3.63) is 17.8 Å². The monoisotopic (exact) mass is 252 g/mol. The minimum atomic E-state index is -1.14. The molecule has 1 rings (SSSR count). The Morgan fingerprint density at radius 2 is 2.17 bits per heavy atom. The zero-order valence-corrected chi connectivity index (χ0v) is 10.3. The summed E-state index contributed by atoms with van der Waals surface area (Å²) in [6, 6.07) is 2.75. The smallest absolute Gasteiger partial charge is 0.354 e. The lowest BCUT2D eigenvalue weighted by Gasteiger charge is -2.15. The summed E-state index contributed by atoms with van der Waals surface area (Å²) in [6.07, 6.45) is 0. The van der Waals surface area contributed by atoms with E-state index >= 15 is 0 Å². The molecule has 0 aromatic carbocycles.